The molecule has 1 N–H and O–H groups in total. The quantitative estimate of drug-likeness (QED) is 0.138. The largest absolute Gasteiger partial charge is 0.402 e. The molecule has 3 aromatic carbocycles. The zero-order chi connectivity index (χ0) is 39.4. The number of hydrogen-bond acceptors (Lipinski definition) is 5. The van der Waals surface area contributed by atoms with Crippen LogP contribution in [0.4, 0.5) is 17.6 Å². The van der Waals surface area contributed by atoms with E-state index in [1.165, 1.54) is 26.4 Å². The third-order valence-electron chi connectivity index (χ3n) is 11.5. The van der Waals surface area contributed by atoms with Crippen LogP contribution in [0.1, 0.15) is 90.7 Å². The lowest BCUT2D eigenvalue weighted by atomic mass is 9.66. The van der Waals surface area contributed by atoms with Crippen LogP contribution < -0.4 is 4.72 Å². The Kier molecular flexibility index (Phi) is 12.7. The SMILES string of the molecule is CCn1nc(Cc2ccccc2)cc1C1CCN(CCC2(c3ccccc3)CCC(N(C)C(=O)c3cc(S(=O)(=O)NCC(F)(F)F)c(F)cc3Cl)CC2)CC1. The molecule has 1 saturated heterocycles. The van der Waals surface area contributed by atoms with Crippen molar-refractivity contribution in [2.24, 2.45) is 0 Å². The number of halogens is 5. The summed E-state index contributed by atoms with van der Waals surface area (Å²) in [4.78, 5) is 16.7. The highest BCUT2D eigenvalue weighted by Gasteiger charge is 2.40. The second-order valence-electron chi connectivity index (χ2n) is 14.9. The molecule has 296 valence electrons. The summed E-state index contributed by atoms with van der Waals surface area (Å²) in [6.45, 7) is 4.05. The van der Waals surface area contributed by atoms with Crippen molar-refractivity contribution in [2.45, 2.75) is 93.3 Å². The van der Waals surface area contributed by atoms with Crippen LogP contribution in [0.15, 0.2) is 83.8 Å². The summed E-state index contributed by atoms with van der Waals surface area (Å²) in [6, 6.07) is 24.3. The molecule has 0 atom stereocenters. The van der Waals surface area contributed by atoms with Crippen LogP contribution in [-0.2, 0) is 28.4 Å². The number of sulfonamides is 1. The normalized spacial score (nSPS) is 20.1. The molecule has 4 aromatic rings. The fourth-order valence-corrected chi connectivity index (χ4v) is 9.64. The fraction of sp³-hybridized carbons (Fsp3) is 0.463. The Bertz CT molecular complexity index is 2030. The maximum Gasteiger partial charge on any atom is 0.402 e. The summed E-state index contributed by atoms with van der Waals surface area (Å²) >= 11 is 6.22. The van der Waals surface area contributed by atoms with Gasteiger partial charge < -0.3 is 9.80 Å². The van der Waals surface area contributed by atoms with Crippen molar-refractivity contribution in [3.63, 3.8) is 0 Å². The van der Waals surface area contributed by atoms with Crippen LogP contribution >= 0.6 is 11.6 Å². The topological polar surface area (TPSA) is 87.5 Å². The molecule has 2 aliphatic rings. The number of carbonyl (C=O) groups excluding carboxylic acids is 1. The van der Waals surface area contributed by atoms with Gasteiger partial charge >= 0.3 is 6.18 Å². The van der Waals surface area contributed by atoms with E-state index in [4.69, 9.17) is 16.7 Å². The van der Waals surface area contributed by atoms with Gasteiger partial charge in [-0.2, -0.15) is 18.3 Å². The monoisotopic (exact) mass is 801 g/mol. The number of likely N-dealkylation sites (tertiary alicyclic amines) is 1. The smallest absolute Gasteiger partial charge is 0.339 e. The van der Waals surface area contributed by atoms with Gasteiger partial charge in [0.15, 0.2) is 0 Å². The van der Waals surface area contributed by atoms with E-state index < -0.39 is 39.4 Å². The van der Waals surface area contributed by atoms with Gasteiger partial charge in [-0.15, -0.1) is 0 Å². The number of aromatic nitrogens is 2. The molecule has 1 aliphatic carbocycles. The van der Waals surface area contributed by atoms with E-state index in [0.717, 1.165) is 76.5 Å². The molecular weight excluding hydrogens is 754 g/mol. The molecular formula is C41H48ClF4N5O3S. The molecule has 0 radical (unpaired) electrons. The van der Waals surface area contributed by atoms with Crippen LogP contribution in [0.2, 0.25) is 5.02 Å². The summed E-state index contributed by atoms with van der Waals surface area (Å²) in [6.07, 6.45) is 2.02. The molecule has 2 fully saturated rings. The van der Waals surface area contributed by atoms with E-state index in [1.807, 2.05) is 12.1 Å². The van der Waals surface area contributed by atoms with Gasteiger partial charge in [-0.25, -0.2) is 17.5 Å². The Morgan fingerprint density at radius 3 is 2.24 bits per heavy atom. The maximum atomic E-state index is 14.7. The van der Waals surface area contributed by atoms with Crippen molar-refractivity contribution in [3.8, 4) is 0 Å². The molecule has 0 spiro atoms. The average molecular weight is 802 g/mol. The Hall–Kier alpha value is -3.78. The maximum absolute atomic E-state index is 14.7. The summed E-state index contributed by atoms with van der Waals surface area (Å²) in [7, 11) is -3.33. The molecule has 1 aromatic heterocycles. The number of aryl methyl sites for hydroxylation is 1. The molecule has 1 saturated carbocycles. The van der Waals surface area contributed by atoms with Gasteiger partial charge in [0.25, 0.3) is 5.91 Å². The van der Waals surface area contributed by atoms with E-state index in [-0.39, 0.29) is 22.0 Å². The minimum absolute atomic E-state index is 0.107. The van der Waals surface area contributed by atoms with Crippen LogP contribution in [0.3, 0.4) is 0 Å². The second-order valence-corrected chi connectivity index (χ2v) is 17.0. The first-order chi connectivity index (χ1) is 26.2. The van der Waals surface area contributed by atoms with Crippen molar-refractivity contribution < 1.29 is 30.8 Å². The number of benzene rings is 3. The second kappa shape index (κ2) is 17.2. The predicted octanol–water partition coefficient (Wildman–Crippen LogP) is 8.35. The van der Waals surface area contributed by atoms with E-state index in [1.54, 1.807) is 7.05 Å². The minimum atomic E-state index is -4.92. The lowest BCUT2D eigenvalue weighted by Crippen LogP contribution is -2.45. The highest BCUT2D eigenvalue weighted by molar-refractivity contribution is 7.89. The summed E-state index contributed by atoms with van der Waals surface area (Å²) in [5.41, 5.74) is 4.54. The van der Waals surface area contributed by atoms with Crippen LogP contribution in [0.25, 0.3) is 0 Å². The first-order valence-electron chi connectivity index (χ1n) is 18.9. The van der Waals surface area contributed by atoms with E-state index in [0.29, 0.717) is 24.8 Å². The zero-order valence-electron chi connectivity index (χ0n) is 31.2. The fourth-order valence-electron chi connectivity index (χ4n) is 8.31. The molecule has 1 amide bonds. The van der Waals surface area contributed by atoms with Crippen molar-refractivity contribution in [3.05, 3.63) is 118 Å². The van der Waals surface area contributed by atoms with E-state index >= 15 is 0 Å². The predicted molar refractivity (Wildman–Crippen MR) is 205 cm³/mol. The number of carbonyl (C=O) groups is 1. The van der Waals surface area contributed by atoms with Crippen LogP contribution in [0.5, 0.6) is 0 Å². The minimum Gasteiger partial charge on any atom is -0.339 e. The molecule has 0 unspecified atom stereocenters. The van der Waals surface area contributed by atoms with Crippen molar-refractivity contribution >= 4 is 27.5 Å². The van der Waals surface area contributed by atoms with Gasteiger partial charge in [-0.3, -0.25) is 9.48 Å². The third kappa shape index (κ3) is 9.79. The molecule has 2 heterocycles. The van der Waals surface area contributed by atoms with Gasteiger partial charge in [0.1, 0.15) is 17.3 Å². The highest BCUT2D eigenvalue weighted by Crippen LogP contribution is 2.44. The number of piperidine rings is 1. The van der Waals surface area contributed by atoms with Gasteiger partial charge in [0, 0.05) is 37.7 Å². The van der Waals surface area contributed by atoms with E-state index in [2.05, 4.69) is 71.1 Å². The molecule has 55 heavy (non-hydrogen) atoms. The highest BCUT2D eigenvalue weighted by atomic mass is 35.5. The molecule has 8 nitrogen and oxygen atoms in total. The number of rotatable bonds is 13. The number of amides is 1. The number of hydrogen-bond donors (Lipinski definition) is 1. The summed E-state index contributed by atoms with van der Waals surface area (Å²) < 4.78 is 81.6. The van der Waals surface area contributed by atoms with Crippen LogP contribution in [-0.4, -0.2) is 79.4 Å². The number of alkyl halides is 3. The first kappa shape index (κ1) is 40.9. The van der Waals surface area contributed by atoms with Gasteiger partial charge in [0.05, 0.1) is 16.3 Å². The molecule has 6 rings (SSSR count). The van der Waals surface area contributed by atoms with Gasteiger partial charge in [-0.05, 0) is 106 Å². The van der Waals surface area contributed by atoms with E-state index in [9.17, 15) is 30.8 Å². The third-order valence-corrected chi connectivity index (χ3v) is 13.2. The Morgan fingerprint density at radius 1 is 0.982 bits per heavy atom. The standard InChI is InChI=1S/C41H48ClF4N5O3S/c1-3-51-37(25-32(48-51)24-29-10-6-4-7-11-29)30-16-21-50(22-17-30)23-20-40(31-12-8-5-9-13-31)18-14-33(15-19-40)49(2)39(52)34-26-38(36(43)27-35(34)42)55(53,54)47-28-41(44,45)46/h4-13,25-27,30,33,47H,3,14-24,28H2,1-2H3. The number of nitrogens with zero attached hydrogens (tertiary/aromatic N) is 4. The Morgan fingerprint density at radius 2 is 1.62 bits per heavy atom. The van der Waals surface area contributed by atoms with Crippen LogP contribution in [0, 0.1) is 5.82 Å². The van der Waals surface area contributed by atoms with Gasteiger partial charge in [0.2, 0.25) is 10.0 Å². The first-order valence-corrected chi connectivity index (χ1v) is 20.7. The summed E-state index contributed by atoms with van der Waals surface area (Å²) in [5.74, 6) is -1.52. The Balaban J connectivity index is 1.09. The summed E-state index contributed by atoms with van der Waals surface area (Å²) in [5, 5.41) is 4.61. The number of nitrogens with one attached hydrogen (secondary N) is 1. The van der Waals surface area contributed by atoms with Crippen molar-refractivity contribution in [1.29, 1.82) is 0 Å². The lowest BCUT2D eigenvalue weighted by molar-refractivity contribution is -0.121. The average Bonchev–Trinajstić information content (AvgIpc) is 3.59. The van der Waals surface area contributed by atoms with Gasteiger partial charge in [-0.1, -0.05) is 72.3 Å². The lowest BCUT2D eigenvalue weighted by Gasteiger charge is -2.44. The Labute approximate surface area is 325 Å². The zero-order valence-corrected chi connectivity index (χ0v) is 32.7. The molecule has 0 bridgehead atoms. The van der Waals surface area contributed by atoms with Crippen molar-refractivity contribution in [1.82, 2.24) is 24.3 Å². The molecule has 1 aliphatic heterocycles. The molecule has 14 heteroatoms. The van der Waals surface area contributed by atoms with Crippen molar-refractivity contribution in [2.75, 3.05) is 33.2 Å².